The lowest BCUT2D eigenvalue weighted by atomic mass is 10.2. The summed E-state index contributed by atoms with van der Waals surface area (Å²) in [6.07, 6.45) is 1.01. The molecule has 0 spiro atoms. The van der Waals surface area contributed by atoms with Crippen LogP contribution < -0.4 is 5.11 Å². The zero-order chi connectivity index (χ0) is 6.57. The van der Waals surface area contributed by atoms with E-state index in [4.69, 9.17) is 0 Å². The summed E-state index contributed by atoms with van der Waals surface area (Å²) in [5.41, 5.74) is 0.313. The molecular weight excluding hydrogens is 104 g/mol. The Kier molecular flexibility index (Phi) is 2.92. The second-order valence-electron chi connectivity index (χ2n) is 1.58. The van der Waals surface area contributed by atoms with Crippen LogP contribution in [0.3, 0.4) is 0 Å². The average molecular weight is 113 g/mol. The van der Waals surface area contributed by atoms with Gasteiger partial charge in [-0.25, -0.2) is 0 Å². The Morgan fingerprint density at radius 2 is 2.25 bits per heavy atom. The number of Topliss-reactive ketones (excluding diaryl/α,β-unsaturated/α-hetero) is 1. The Bertz CT molecular complexity index is 114. The van der Waals surface area contributed by atoms with Crippen LogP contribution in [0.15, 0.2) is 11.8 Å². The van der Waals surface area contributed by atoms with Crippen molar-refractivity contribution in [3.8, 4) is 0 Å². The van der Waals surface area contributed by atoms with Gasteiger partial charge in [-0.15, -0.1) is 6.26 Å². The van der Waals surface area contributed by atoms with E-state index < -0.39 is 0 Å². The topological polar surface area (TPSA) is 40.1 Å². The van der Waals surface area contributed by atoms with E-state index in [1.165, 1.54) is 6.92 Å². The molecule has 0 heterocycles. The van der Waals surface area contributed by atoms with Gasteiger partial charge in [0.2, 0.25) is 0 Å². The maximum atomic E-state index is 10.5. The van der Waals surface area contributed by atoms with Crippen LogP contribution in [0.25, 0.3) is 0 Å². The van der Waals surface area contributed by atoms with Crippen LogP contribution in [0.1, 0.15) is 20.3 Å². The molecule has 0 N–H and O–H groups in total. The Balaban J connectivity index is 3.83. The summed E-state index contributed by atoms with van der Waals surface area (Å²) in [7, 11) is 0. The van der Waals surface area contributed by atoms with Crippen molar-refractivity contribution in [2.24, 2.45) is 0 Å². The third-order valence-electron chi connectivity index (χ3n) is 0.938. The van der Waals surface area contributed by atoms with Gasteiger partial charge in [-0.3, -0.25) is 4.79 Å². The van der Waals surface area contributed by atoms with Crippen LogP contribution in [0, 0.1) is 0 Å². The molecule has 0 aromatic heterocycles. The number of rotatable bonds is 2. The first kappa shape index (κ1) is 7.21. The number of carbonyl (C=O) groups is 1. The third-order valence-corrected chi connectivity index (χ3v) is 0.938. The normalized spacial score (nSPS) is 11.5. The molecule has 0 aromatic carbocycles. The number of hydrogen-bond donors (Lipinski definition) is 0. The molecule has 0 atom stereocenters. The molecule has 0 aliphatic rings. The summed E-state index contributed by atoms with van der Waals surface area (Å²) in [5, 5.41) is 9.85. The molecule has 46 valence electrons. The van der Waals surface area contributed by atoms with Gasteiger partial charge in [0.15, 0.2) is 5.78 Å². The number of hydrogen-bond acceptors (Lipinski definition) is 2. The monoisotopic (exact) mass is 113 g/mol. The highest BCUT2D eigenvalue weighted by molar-refractivity contribution is 5.94. The third kappa shape index (κ3) is 1.78. The van der Waals surface area contributed by atoms with Crippen molar-refractivity contribution in [1.82, 2.24) is 0 Å². The smallest absolute Gasteiger partial charge is 0.157 e. The van der Waals surface area contributed by atoms with E-state index in [0.717, 1.165) is 0 Å². The van der Waals surface area contributed by atoms with Gasteiger partial charge < -0.3 is 5.11 Å². The first-order valence-corrected chi connectivity index (χ1v) is 2.54. The molecule has 0 amide bonds. The number of allylic oxidation sites excluding steroid dienone is 1. The fraction of sp³-hybridized carbons (Fsp3) is 0.500. The summed E-state index contributed by atoms with van der Waals surface area (Å²) >= 11 is 0. The van der Waals surface area contributed by atoms with Crippen LogP contribution in [-0.4, -0.2) is 5.78 Å². The lowest BCUT2D eigenvalue weighted by molar-refractivity contribution is -0.276. The maximum absolute atomic E-state index is 10.5. The zero-order valence-electron chi connectivity index (χ0n) is 5.10. The van der Waals surface area contributed by atoms with E-state index in [1.54, 1.807) is 6.92 Å². The van der Waals surface area contributed by atoms with Crippen molar-refractivity contribution in [3.05, 3.63) is 11.8 Å². The second kappa shape index (κ2) is 3.24. The van der Waals surface area contributed by atoms with E-state index in [0.29, 0.717) is 18.3 Å². The highest BCUT2D eigenvalue weighted by Gasteiger charge is 1.94. The molecule has 2 heteroatoms. The Hall–Kier alpha value is -0.790. The van der Waals surface area contributed by atoms with Gasteiger partial charge in [-0.1, -0.05) is 6.92 Å². The number of carbonyl (C=O) groups excluding carboxylic acids is 1. The predicted molar refractivity (Wildman–Crippen MR) is 29.1 cm³/mol. The quantitative estimate of drug-likeness (QED) is 0.380. The molecule has 0 saturated carbocycles. The van der Waals surface area contributed by atoms with E-state index in [1.807, 2.05) is 0 Å². The molecule has 0 radical (unpaired) electrons. The van der Waals surface area contributed by atoms with Crippen molar-refractivity contribution in [3.63, 3.8) is 0 Å². The summed E-state index contributed by atoms with van der Waals surface area (Å²) < 4.78 is 0. The second-order valence-corrected chi connectivity index (χ2v) is 1.58. The summed E-state index contributed by atoms with van der Waals surface area (Å²) in [5.74, 6) is -0.0694. The van der Waals surface area contributed by atoms with Crippen molar-refractivity contribution < 1.29 is 9.90 Å². The van der Waals surface area contributed by atoms with Gasteiger partial charge in [0.1, 0.15) is 0 Å². The Morgan fingerprint density at radius 3 is 2.38 bits per heavy atom. The SMILES string of the molecule is CCC(=O)/C(C)=C\[O-]. The molecule has 0 unspecified atom stereocenters. The van der Waals surface area contributed by atoms with E-state index >= 15 is 0 Å². The highest BCUT2D eigenvalue weighted by Crippen LogP contribution is 1.93. The van der Waals surface area contributed by atoms with Crippen LogP contribution in [0.2, 0.25) is 0 Å². The largest absolute Gasteiger partial charge is 0.878 e. The van der Waals surface area contributed by atoms with Gasteiger partial charge in [0.05, 0.1) is 0 Å². The lowest BCUT2D eigenvalue weighted by Crippen LogP contribution is -2.00. The van der Waals surface area contributed by atoms with Crippen molar-refractivity contribution >= 4 is 5.78 Å². The summed E-state index contributed by atoms with van der Waals surface area (Å²) in [4.78, 5) is 10.5. The van der Waals surface area contributed by atoms with Gasteiger partial charge in [0, 0.05) is 6.42 Å². The fourth-order valence-electron chi connectivity index (χ4n) is 0.345. The molecule has 2 nitrogen and oxygen atoms in total. The standard InChI is InChI=1S/C6H10O2/c1-3-6(8)5(2)4-7/h4,7H,3H2,1-2H3/p-1/b5-4-. The Labute approximate surface area is 48.8 Å². The minimum absolute atomic E-state index is 0.0694. The zero-order valence-corrected chi connectivity index (χ0v) is 5.10. The first-order chi connectivity index (χ1) is 3.72. The van der Waals surface area contributed by atoms with Gasteiger partial charge >= 0.3 is 0 Å². The summed E-state index contributed by atoms with van der Waals surface area (Å²) in [6, 6.07) is 0. The minimum Gasteiger partial charge on any atom is -0.878 e. The molecule has 0 aromatic rings. The van der Waals surface area contributed by atoms with Crippen molar-refractivity contribution in [1.29, 1.82) is 0 Å². The number of ketones is 1. The lowest BCUT2D eigenvalue weighted by Gasteiger charge is -1.97. The van der Waals surface area contributed by atoms with Gasteiger partial charge in [0.25, 0.3) is 0 Å². The van der Waals surface area contributed by atoms with E-state index in [9.17, 15) is 9.90 Å². The van der Waals surface area contributed by atoms with Crippen LogP contribution >= 0.6 is 0 Å². The molecule has 0 bridgehead atoms. The van der Waals surface area contributed by atoms with Crippen LogP contribution in [0.5, 0.6) is 0 Å². The van der Waals surface area contributed by atoms with Gasteiger partial charge in [-0.2, -0.15) is 0 Å². The minimum atomic E-state index is -0.0694. The fourth-order valence-corrected chi connectivity index (χ4v) is 0.345. The molecular formula is C6H9O2-. The van der Waals surface area contributed by atoms with E-state index in [-0.39, 0.29) is 5.78 Å². The average Bonchev–Trinajstić information content (AvgIpc) is 1.84. The molecule has 0 saturated heterocycles. The van der Waals surface area contributed by atoms with Crippen molar-refractivity contribution in [2.45, 2.75) is 20.3 Å². The van der Waals surface area contributed by atoms with Crippen molar-refractivity contribution in [2.75, 3.05) is 0 Å². The first-order valence-electron chi connectivity index (χ1n) is 2.54. The highest BCUT2D eigenvalue weighted by atomic mass is 16.2. The predicted octanol–water partition coefficient (Wildman–Crippen LogP) is 0.230. The molecule has 0 aliphatic carbocycles. The summed E-state index contributed by atoms with van der Waals surface area (Å²) in [6.45, 7) is 3.26. The molecule has 0 rings (SSSR count). The Morgan fingerprint density at radius 1 is 1.75 bits per heavy atom. The molecule has 0 fully saturated rings. The maximum Gasteiger partial charge on any atom is 0.157 e. The van der Waals surface area contributed by atoms with E-state index in [2.05, 4.69) is 0 Å². The molecule has 0 aliphatic heterocycles. The molecule has 8 heavy (non-hydrogen) atoms. The van der Waals surface area contributed by atoms with Crippen LogP contribution in [-0.2, 0) is 4.79 Å². The van der Waals surface area contributed by atoms with Crippen LogP contribution in [0.4, 0.5) is 0 Å². The van der Waals surface area contributed by atoms with Gasteiger partial charge in [-0.05, 0) is 12.5 Å².